The molecule has 0 aliphatic rings. The van der Waals surface area contributed by atoms with E-state index in [0.29, 0.717) is 29.0 Å². The Labute approximate surface area is 202 Å². The number of hydrogen-bond acceptors (Lipinski definition) is 5. The standard InChI is InChI=1S/C25H26N6O4/c26-25(29-14-17-5-2-1-3-6-17)30-20-8-4-7-18(13-20)24(35)28-16-22(32)31-21-11-12-27-15-19(21)9-10-23(33)34/h1-8,11-13,15H,9-10,14,16H2,(H,28,35)(H,33,34)(H3,26,29,30)(H,27,31,32). The lowest BCUT2D eigenvalue weighted by Gasteiger charge is -2.11. The van der Waals surface area contributed by atoms with Crippen LogP contribution in [0.4, 0.5) is 11.4 Å². The minimum absolute atomic E-state index is 0.0862. The van der Waals surface area contributed by atoms with Crippen molar-refractivity contribution in [3.05, 3.63) is 89.7 Å². The predicted octanol–water partition coefficient (Wildman–Crippen LogP) is 2.39. The molecule has 0 saturated carbocycles. The van der Waals surface area contributed by atoms with Crippen molar-refractivity contribution in [1.29, 1.82) is 0 Å². The second kappa shape index (κ2) is 12.5. The van der Waals surface area contributed by atoms with Gasteiger partial charge in [-0.05, 0) is 41.8 Å². The first-order valence-corrected chi connectivity index (χ1v) is 10.8. The van der Waals surface area contributed by atoms with Crippen LogP contribution in [0.25, 0.3) is 0 Å². The van der Waals surface area contributed by atoms with E-state index in [1.807, 2.05) is 30.3 Å². The van der Waals surface area contributed by atoms with Crippen LogP contribution in [0.15, 0.2) is 78.0 Å². The molecule has 0 fully saturated rings. The summed E-state index contributed by atoms with van der Waals surface area (Å²) >= 11 is 0. The number of guanidine groups is 1. The number of aryl methyl sites for hydroxylation is 1. The number of nitrogens with two attached hydrogens (primary N) is 1. The lowest BCUT2D eigenvalue weighted by molar-refractivity contribution is -0.137. The van der Waals surface area contributed by atoms with Crippen LogP contribution in [0.3, 0.4) is 0 Å². The summed E-state index contributed by atoms with van der Waals surface area (Å²) in [6.45, 7) is 0.155. The Hall–Kier alpha value is -4.73. The van der Waals surface area contributed by atoms with Crippen LogP contribution in [-0.4, -0.2) is 40.4 Å². The van der Waals surface area contributed by atoms with Gasteiger partial charge in [0.25, 0.3) is 5.91 Å². The minimum Gasteiger partial charge on any atom is -0.481 e. The molecule has 1 aromatic heterocycles. The molecular weight excluding hydrogens is 448 g/mol. The molecule has 3 aromatic rings. The van der Waals surface area contributed by atoms with Crippen molar-refractivity contribution in [3.8, 4) is 0 Å². The van der Waals surface area contributed by atoms with Gasteiger partial charge in [0, 0.05) is 35.8 Å². The number of pyridine rings is 1. The van der Waals surface area contributed by atoms with Crippen molar-refractivity contribution in [2.75, 3.05) is 17.2 Å². The maximum absolute atomic E-state index is 12.5. The highest BCUT2D eigenvalue weighted by atomic mass is 16.4. The van der Waals surface area contributed by atoms with Gasteiger partial charge in [-0.15, -0.1) is 0 Å². The molecule has 0 unspecified atom stereocenters. The zero-order valence-electron chi connectivity index (χ0n) is 18.9. The lowest BCUT2D eigenvalue weighted by Crippen LogP contribution is -2.33. The number of aromatic nitrogens is 1. The summed E-state index contributed by atoms with van der Waals surface area (Å²) in [5, 5.41) is 17.1. The fraction of sp³-hybridized carbons (Fsp3) is 0.160. The van der Waals surface area contributed by atoms with E-state index >= 15 is 0 Å². The zero-order valence-corrected chi connectivity index (χ0v) is 18.9. The zero-order chi connectivity index (χ0) is 25.0. The molecule has 0 bridgehead atoms. The lowest BCUT2D eigenvalue weighted by atomic mass is 10.1. The Morgan fingerprint density at radius 2 is 1.80 bits per heavy atom. The Balaban J connectivity index is 1.53. The Kier molecular flexibility index (Phi) is 8.89. The molecule has 0 aliphatic carbocycles. The summed E-state index contributed by atoms with van der Waals surface area (Å²) in [6.07, 6.45) is 3.14. The van der Waals surface area contributed by atoms with E-state index in [0.717, 1.165) is 5.56 Å². The summed E-state index contributed by atoms with van der Waals surface area (Å²) < 4.78 is 0. The predicted molar refractivity (Wildman–Crippen MR) is 133 cm³/mol. The van der Waals surface area contributed by atoms with Crippen molar-refractivity contribution in [2.24, 2.45) is 10.7 Å². The largest absolute Gasteiger partial charge is 0.481 e. The summed E-state index contributed by atoms with van der Waals surface area (Å²) in [5.41, 5.74) is 8.94. The molecule has 2 aromatic carbocycles. The number of carbonyl (C=O) groups excluding carboxylic acids is 2. The number of rotatable bonds is 10. The van der Waals surface area contributed by atoms with Crippen LogP contribution in [0.5, 0.6) is 0 Å². The molecule has 0 spiro atoms. The first kappa shape index (κ1) is 24.9. The Morgan fingerprint density at radius 1 is 1.00 bits per heavy atom. The van der Waals surface area contributed by atoms with E-state index in [1.54, 1.807) is 30.3 Å². The quantitative estimate of drug-likeness (QED) is 0.223. The number of nitrogens with zero attached hydrogens (tertiary/aromatic N) is 2. The molecule has 10 nitrogen and oxygen atoms in total. The van der Waals surface area contributed by atoms with Gasteiger partial charge in [-0.25, -0.2) is 4.99 Å². The first-order valence-electron chi connectivity index (χ1n) is 10.8. The average molecular weight is 475 g/mol. The van der Waals surface area contributed by atoms with Gasteiger partial charge in [0.1, 0.15) is 0 Å². The van der Waals surface area contributed by atoms with Gasteiger partial charge in [0.15, 0.2) is 5.96 Å². The molecular formula is C25H26N6O4. The highest BCUT2D eigenvalue weighted by molar-refractivity contribution is 6.01. The monoisotopic (exact) mass is 474 g/mol. The second-order valence-electron chi connectivity index (χ2n) is 7.55. The fourth-order valence-electron chi connectivity index (χ4n) is 3.13. The van der Waals surface area contributed by atoms with Gasteiger partial charge < -0.3 is 26.8 Å². The number of benzene rings is 2. The van der Waals surface area contributed by atoms with Crippen molar-refractivity contribution in [3.63, 3.8) is 0 Å². The highest BCUT2D eigenvalue weighted by Crippen LogP contribution is 2.15. The maximum Gasteiger partial charge on any atom is 0.303 e. The van der Waals surface area contributed by atoms with E-state index in [-0.39, 0.29) is 25.3 Å². The van der Waals surface area contributed by atoms with Crippen LogP contribution in [0.1, 0.15) is 27.9 Å². The molecule has 2 amide bonds. The molecule has 0 saturated heterocycles. The number of carbonyl (C=O) groups is 3. The molecule has 35 heavy (non-hydrogen) atoms. The topological polar surface area (TPSA) is 159 Å². The van der Waals surface area contributed by atoms with Crippen molar-refractivity contribution >= 4 is 35.1 Å². The molecule has 10 heteroatoms. The Morgan fingerprint density at radius 3 is 2.57 bits per heavy atom. The van der Waals surface area contributed by atoms with E-state index in [1.165, 1.54) is 12.4 Å². The SMILES string of the molecule is NC(=NCc1ccccc1)Nc1cccc(C(=O)NCC(=O)Nc2ccncc2CCC(=O)O)c1. The van der Waals surface area contributed by atoms with E-state index in [4.69, 9.17) is 10.8 Å². The number of hydrogen-bond donors (Lipinski definition) is 5. The molecule has 6 N–H and O–H groups in total. The second-order valence-corrected chi connectivity index (χ2v) is 7.55. The molecule has 1 heterocycles. The number of nitrogens with one attached hydrogen (secondary N) is 3. The van der Waals surface area contributed by atoms with Gasteiger partial charge in [0.2, 0.25) is 5.91 Å². The number of aliphatic imine (C=N–C) groups is 1. The number of carboxylic acids is 1. The summed E-state index contributed by atoms with van der Waals surface area (Å²) in [6, 6.07) is 17.9. The normalized spacial score (nSPS) is 10.9. The van der Waals surface area contributed by atoms with E-state index in [9.17, 15) is 14.4 Å². The third-order valence-corrected chi connectivity index (χ3v) is 4.87. The smallest absolute Gasteiger partial charge is 0.303 e. The van der Waals surface area contributed by atoms with Gasteiger partial charge in [0.05, 0.1) is 13.1 Å². The van der Waals surface area contributed by atoms with Gasteiger partial charge in [-0.1, -0.05) is 36.4 Å². The van der Waals surface area contributed by atoms with Crippen molar-refractivity contribution in [1.82, 2.24) is 10.3 Å². The highest BCUT2D eigenvalue weighted by Gasteiger charge is 2.12. The Bertz CT molecular complexity index is 1210. The van der Waals surface area contributed by atoms with Gasteiger partial charge in [-0.2, -0.15) is 0 Å². The van der Waals surface area contributed by atoms with Crippen molar-refractivity contribution < 1.29 is 19.5 Å². The number of aliphatic carboxylic acids is 1. The van der Waals surface area contributed by atoms with Crippen LogP contribution in [0.2, 0.25) is 0 Å². The number of amides is 2. The first-order chi connectivity index (χ1) is 16.9. The molecule has 180 valence electrons. The van der Waals surface area contributed by atoms with Crippen molar-refractivity contribution in [2.45, 2.75) is 19.4 Å². The fourth-order valence-corrected chi connectivity index (χ4v) is 3.13. The van der Waals surface area contributed by atoms with Gasteiger partial charge >= 0.3 is 5.97 Å². The van der Waals surface area contributed by atoms with Crippen LogP contribution >= 0.6 is 0 Å². The van der Waals surface area contributed by atoms with Crippen LogP contribution in [0, 0.1) is 0 Å². The van der Waals surface area contributed by atoms with Crippen LogP contribution in [-0.2, 0) is 22.6 Å². The summed E-state index contributed by atoms with van der Waals surface area (Å²) in [5.74, 6) is -1.63. The van der Waals surface area contributed by atoms with E-state index in [2.05, 4.69) is 25.9 Å². The third kappa shape index (κ3) is 8.28. The number of carboxylic acid groups (broad SMARTS) is 1. The van der Waals surface area contributed by atoms with Gasteiger partial charge in [-0.3, -0.25) is 19.4 Å². The van der Waals surface area contributed by atoms with Crippen LogP contribution < -0.4 is 21.7 Å². The average Bonchev–Trinajstić information content (AvgIpc) is 2.86. The minimum atomic E-state index is -0.945. The summed E-state index contributed by atoms with van der Waals surface area (Å²) in [7, 11) is 0. The molecule has 0 atom stereocenters. The molecule has 3 rings (SSSR count). The van der Waals surface area contributed by atoms with E-state index < -0.39 is 17.8 Å². The third-order valence-electron chi connectivity index (χ3n) is 4.87. The molecule has 0 radical (unpaired) electrons. The maximum atomic E-state index is 12.5. The molecule has 0 aliphatic heterocycles. The number of anilines is 2. The summed E-state index contributed by atoms with van der Waals surface area (Å²) in [4.78, 5) is 43.9.